The highest BCUT2D eigenvalue weighted by atomic mass is 16.5. The van der Waals surface area contributed by atoms with Crippen molar-refractivity contribution in [2.45, 2.75) is 19.9 Å². The van der Waals surface area contributed by atoms with Crippen LogP contribution in [-0.2, 0) is 7.05 Å². The smallest absolute Gasteiger partial charge is 0.327 e. The van der Waals surface area contributed by atoms with Crippen molar-refractivity contribution >= 4 is 22.2 Å². The van der Waals surface area contributed by atoms with Crippen LogP contribution in [0.2, 0.25) is 0 Å². The fraction of sp³-hybridized carbons (Fsp3) is 0.278. The van der Waals surface area contributed by atoms with Crippen molar-refractivity contribution in [1.29, 1.82) is 0 Å². The number of methoxy groups -OCH3 is 1. The second-order valence-electron chi connectivity index (χ2n) is 6.51. The van der Waals surface area contributed by atoms with E-state index in [9.17, 15) is 9.59 Å². The molecule has 0 bridgehead atoms. The predicted octanol–water partition coefficient (Wildman–Crippen LogP) is 2.16. The number of rotatable bonds is 3. The van der Waals surface area contributed by atoms with Crippen molar-refractivity contribution in [3.63, 3.8) is 0 Å². The van der Waals surface area contributed by atoms with Gasteiger partial charge in [0.25, 0.3) is 5.56 Å². The second kappa shape index (κ2) is 5.62. The zero-order valence-electron chi connectivity index (χ0n) is 15.0. The van der Waals surface area contributed by atoms with E-state index in [0.29, 0.717) is 33.5 Å². The normalized spacial score (nSPS) is 11.7. The average Bonchev–Trinajstić information content (AvgIpc) is 3.10. The van der Waals surface area contributed by atoms with Gasteiger partial charge in [-0.05, 0) is 31.5 Å². The first kappa shape index (κ1) is 16.2. The Hall–Kier alpha value is -3.29. The second-order valence-corrected chi connectivity index (χ2v) is 6.51. The van der Waals surface area contributed by atoms with Gasteiger partial charge in [-0.1, -0.05) is 12.1 Å². The van der Waals surface area contributed by atoms with Gasteiger partial charge in [-0.3, -0.25) is 24.1 Å². The fourth-order valence-electron chi connectivity index (χ4n) is 3.30. The Labute approximate surface area is 148 Å². The highest BCUT2D eigenvalue weighted by Crippen LogP contribution is 2.34. The minimum Gasteiger partial charge on any atom is -0.497 e. The van der Waals surface area contributed by atoms with Crippen molar-refractivity contribution in [2.24, 2.45) is 7.05 Å². The van der Waals surface area contributed by atoms with Crippen LogP contribution in [0, 0.1) is 0 Å². The van der Waals surface area contributed by atoms with Crippen LogP contribution in [0.25, 0.3) is 33.3 Å². The van der Waals surface area contributed by atoms with Gasteiger partial charge in [0, 0.05) is 18.7 Å². The molecule has 0 radical (unpaired) electrons. The lowest BCUT2D eigenvalue weighted by Crippen LogP contribution is -2.12. The molecule has 0 fully saturated rings. The number of hydrogen-bond donors (Lipinski definition) is 2. The van der Waals surface area contributed by atoms with Crippen LogP contribution in [0.3, 0.4) is 0 Å². The summed E-state index contributed by atoms with van der Waals surface area (Å²) in [6.07, 6.45) is 0. The lowest BCUT2D eigenvalue weighted by Gasteiger charge is -2.10. The van der Waals surface area contributed by atoms with Crippen LogP contribution in [0.1, 0.15) is 19.9 Å². The van der Waals surface area contributed by atoms with Crippen LogP contribution >= 0.6 is 0 Å². The Kier molecular flexibility index (Phi) is 3.50. The number of benzene rings is 1. The third kappa shape index (κ3) is 2.18. The minimum absolute atomic E-state index is 0.0127. The molecule has 26 heavy (non-hydrogen) atoms. The molecule has 4 aromatic rings. The summed E-state index contributed by atoms with van der Waals surface area (Å²) in [4.78, 5) is 32.3. The van der Waals surface area contributed by atoms with Crippen molar-refractivity contribution in [1.82, 2.24) is 24.3 Å². The molecule has 8 heteroatoms. The molecule has 0 aliphatic rings. The maximum atomic E-state index is 12.8. The zero-order chi connectivity index (χ0) is 18.6. The number of hydrogen-bond acceptors (Lipinski definition) is 4. The van der Waals surface area contributed by atoms with Gasteiger partial charge in [0.1, 0.15) is 5.75 Å². The van der Waals surface area contributed by atoms with E-state index in [1.165, 1.54) is 4.57 Å². The molecule has 8 nitrogen and oxygen atoms in total. The Bertz CT molecular complexity index is 1260. The molecule has 1 aromatic carbocycles. The summed E-state index contributed by atoms with van der Waals surface area (Å²) in [7, 11) is 3.25. The summed E-state index contributed by atoms with van der Waals surface area (Å²) in [5.74, 6) is 0.667. The molecular weight excluding hydrogens is 334 g/mol. The molecule has 0 aliphatic carbocycles. The van der Waals surface area contributed by atoms with E-state index in [0.717, 1.165) is 5.56 Å². The number of nitrogens with one attached hydrogen (secondary N) is 2. The quantitative estimate of drug-likeness (QED) is 0.590. The van der Waals surface area contributed by atoms with Gasteiger partial charge in [0.05, 0.1) is 18.0 Å². The number of imidazole rings is 1. The monoisotopic (exact) mass is 353 g/mol. The van der Waals surface area contributed by atoms with E-state index >= 15 is 0 Å². The SMILES string of the molecule is COc1cccc(-c2c3c(=O)[nH]n(C(C)C)c3nc3[nH]c(=O)n(C)c23)c1. The van der Waals surface area contributed by atoms with Gasteiger partial charge in [-0.25, -0.2) is 9.78 Å². The molecule has 3 aromatic heterocycles. The van der Waals surface area contributed by atoms with Gasteiger partial charge in [-0.15, -0.1) is 0 Å². The molecular formula is C18H19N5O3. The number of aromatic nitrogens is 5. The molecule has 0 spiro atoms. The summed E-state index contributed by atoms with van der Waals surface area (Å²) in [5.41, 5.74) is 2.45. The minimum atomic E-state index is -0.281. The van der Waals surface area contributed by atoms with Crippen LogP contribution in [0.4, 0.5) is 0 Å². The highest BCUT2D eigenvalue weighted by Gasteiger charge is 2.22. The Morgan fingerprint density at radius 2 is 2.00 bits per heavy atom. The van der Waals surface area contributed by atoms with Gasteiger partial charge in [0.2, 0.25) is 0 Å². The highest BCUT2D eigenvalue weighted by molar-refractivity contribution is 6.06. The van der Waals surface area contributed by atoms with Gasteiger partial charge in [-0.2, -0.15) is 0 Å². The fourth-order valence-corrected chi connectivity index (χ4v) is 3.30. The van der Waals surface area contributed by atoms with Gasteiger partial charge < -0.3 is 4.74 Å². The summed E-state index contributed by atoms with van der Waals surface area (Å²) in [6.45, 7) is 3.92. The summed E-state index contributed by atoms with van der Waals surface area (Å²) < 4.78 is 8.52. The number of pyridine rings is 1. The van der Waals surface area contributed by atoms with Crippen molar-refractivity contribution < 1.29 is 4.74 Å². The molecule has 0 atom stereocenters. The number of aryl methyl sites for hydroxylation is 1. The molecule has 0 amide bonds. The van der Waals surface area contributed by atoms with Crippen LogP contribution < -0.4 is 16.0 Å². The molecule has 3 heterocycles. The maximum absolute atomic E-state index is 12.8. The van der Waals surface area contributed by atoms with Crippen molar-refractivity contribution in [3.05, 3.63) is 45.1 Å². The standard InChI is InChI=1S/C18H19N5O3/c1-9(2)23-16-13(17(24)21-23)12(10-6-5-7-11(8-10)26-4)14-15(19-16)20-18(25)22(14)3/h5-9H,1-4H3,(H,21,24)(H,19,20,25). The van der Waals surface area contributed by atoms with Gasteiger partial charge in [0.15, 0.2) is 11.3 Å². The number of aromatic amines is 2. The van der Waals surface area contributed by atoms with E-state index < -0.39 is 0 Å². The lowest BCUT2D eigenvalue weighted by molar-refractivity contribution is 0.415. The van der Waals surface area contributed by atoms with Gasteiger partial charge >= 0.3 is 5.69 Å². The van der Waals surface area contributed by atoms with Crippen molar-refractivity contribution in [3.8, 4) is 16.9 Å². The Morgan fingerprint density at radius 3 is 2.69 bits per heavy atom. The maximum Gasteiger partial charge on any atom is 0.327 e. The average molecular weight is 353 g/mol. The largest absolute Gasteiger partial charge is 0.497 e. The lowest BCUT2D eigenvalue weighted by atomic mass is 10.0. The van der Waals surface area contributed by atoms with E-state index in [1.54, 1.807) is 18.8 Å². The first-order valence-corrected chi connectivity index (χ1v) is 8.29. The van der Waals surface area contributed by atoms with Crippen LogP contribution in [0.5, 0.6) is 5.75 Å². The number of nitrogens with zero attached hydrogens (tertiary/aromatic N) is 3. The van der Waals surface area contributed by atoms with E-state index in [2.05, 4.69) is 15.1 Å². The third-order valence-electron chi connectivity index (χ3n) is 4.57. The molecule has 134 valence electrons. The summed E-state index contributed by atoms with van der Waals surface area (Å²) in [6, 6.07) is 7.43. The zero-order valence-corrected chi connectivity index (χ0v) is 15.0. The number of H-pyrrole nitrogens is 2. The third-order valence-corrected chi connectivity index (χ3v) is 4.57. The molecule has 0 aliphatic heterocycles. The molecule has 0 saturated carbocycles. The molecule has 0 unspecified atom stereocenters. The summed E-state index contributed by atoms with van der Waals surface area (Å²) >= 11 is 0. The predicted molar refractivity (Wildman–Crippen MR) is 99.8 cm³/mol. The Balaban J connectivity index is 2.26. The number of fused-ring (bicyclic) bond motifs is 2. The summed E-state index contributed by atoms with van der Waals surface area (Å²) in [5, 5.41) is 3.31. The van der Waals surface area contributed by atoms with Crippen molar-refractivity contribution in [2.75, 3.05) is 7.11 Å². The van der Waals surface area contributed by atoms with Crippen LogP contribution in [0.15, 0.2) is 33.9 Å². The topological polar surface area (TPSA) is 97.7 Å². The van der Waals surface area contributed by atoms with E-state index in [1.807, 2.05) is 38.1 Å². The molecule has 0 saturated heterocycles. The Morgan fingerprint density at radius 1 is 1.23 bits per heavy atom. The first-order chi connectivity index (χ1) is 12.4. The molecule has 2 N–H and O–H groups in total. The molecule has 4 rings (SSSR count). The van der Waals surface area contributed by atoms with E-state index in [4.69, 9.17) is 4.74 Å². The van der Waals surface area contributed by atoms with Crippen LogP contribution in [-0.4, -0.2) is 31.4 Å². The number of ether oxygens (including phenoxy) is 1. The van der Waals surface area contributed by atoms with E-state index in [-0.39, 0.29) is 17.3 Å². The first-order valence-electron chi connectivity index (χ1n) is 8.29.